The average molecular weight is 163 g/mol. The molecule has 1 aliphatic rings. The molecule has 3 unspecified atom stereocenters. The van der Waals surface area contributed by atoms with Crippen molar-refractivity contribution < 1.29 is 20.4 Å². The minimum Gasteiger partial charge on any atom is -0.395 e. The summed E-state index contributed by atoms with van der Waals surface area (Å²) in [6.45, 7) is -0.0472. The second kappa shape index (κ2) is 3.46. The van der Waals surface area contributed by atoms with Gasteiger partial charge in [-0.3, -0.25) is 0 Å². The number of hydrogen-bond acceptors (Lipinski definition) is 5. The fraction of sp³-hybridized carbons (Fsp3) is 1.00. The van der Waals surface area contributed by atoms with Gasteiger partial charge in [-0.05, 0) is 0 Å². The molecule has 0 aromatic carbocycles. The van der Waals surface area contributed by atoms with Gasteiger partial charge in [0.2, 0.25) is 0 Å². The van der Waals surface area contributed by atoms with Crippen molar-refractivity contribution in [3.63, 3.8) is 0 Å². The van der Waals surface area contributed by atoms with Crippen molar-refractivity contribution in [2.75, 3.05) is 13.2 Å². The van der Waals surface area contributed by atoms with E-state index < -0.39 is 24.4 Å². The molecule has 66 valence electrons. The van der Waals surface area contributed by atoms with Crippen LogP contribution >= 0.6 is 0 Å². The molecule has 0 amide bonds. The highest BCUT2D eigenvalue weighted by atomic mass is 16.4. The van der Waals surface area contributed by atoms with E-state index in [1.54, 1.807) is 0 Å². The van der Waals surface area contributed by atoms with Crippen LogP contribution in [0.25, 0.3) is 0 Å². The zero-order valence-corrected chi connectivity index (χ0v) is 6.01. The van der Waals surface area contributed by atoms with Crippen LogP contribution in [0.3, 0.4) is 0 Å². The first-order valence-corrected chi connectivity index (χ1v) is 3.55. The summed E-state index contributed by atoms with van der Waals surface area (Å²) in [6.07, 6.45) is -3.20. The number of rotatable bonds is 1. The first kappa shape index (κ1) is 8.89. The smallest absolute Gasteiger partial charge is 0.109 e. The van der Waals surface area contributed by atoms with Crippen LogP contribution in [0.2, 0.25) is 0 Å². The largest absolute Gasteiger partial charge is 0.395 e. The molecule has 0 aromatic rings. The third-order valence-corrected chi connectivity index (χ3v) is 1.94. The lowest BCUT2D eigenvalue weighted by Crippen LogP contribution is -2.60. The fourth-order valence-electron chi connectivity index (χ4n) is 1.15. The molecule has 5 N–H and O–H groups in total. The van der Waals surface area contributed by atoms with Gasteiger partial charge in [-0.15, -0.1) is 0 Å². The van der Waals surface area contributed by atoms with Gasteiger partial charge in [-0.1, -0.05) is 0 Å². The van der Waals surface area contributed by atoms with Gasteiger partial charge in [0.15, 0.2) is 0 Å². The quantitative estimate of drug-likeness (QED) is 0.285. The van der Waals surface area contributed by atoms with Crippen LogP contribution in [-0.4, -0.2) is 57.9 Å². The van der Waals surface area contributed by atoms with E-state index in [-0.39, 0.29) is 13.2 Å². The fourth-order valence-corrected chi connectivity index (χ4v) is 1.15. The van der Waals surface area contributed by atoms with Crippen LogP contribution in [0, 0.1) is 0 Å². The summed E-state index contributed by atoms with van der Waals surface area (Å²) in [7, 11) is 0. The van der Waals surface area contributed by atoms with E-state index in [1.807, 2.05) is 0 Å². The Balaban J connectivity index is 2.52. The number of aliphatic hydroxyl groups is 4. The summed E-state index contributed by atoms with van der Waals surface area (Å²) in [4.78, 5) is 0. The van der Waals surface area contributed by atoms with Gasteiger partial charge < -0.3 is 25.7 Å². The van der Waals surface area contributed by atoms with Gasteiger partial charge in [-0.2, -0.15) is 0 Å². The molecular weight excluding hydrogens is 150 g/mol. The van der Waals surface area contributed by atoms with Gasteiger partial charge in [0, 0.05) is 6.54 Å². The van der Waals surface area contributed by atoms with Crippen LogP contribution in [0.1, 0.15) is 0 Å². The normalized spacial score (nSPS) is 45.8. The van der Waals surface area contributed by atoms with Crippen LogP contribution in [0.15, 0.2) is 0 Å². The molecule has 4 atom stereocenters. The molecule has 1 aliphatic heterocycles. The Hall–Kier alpha value is -0.200. The van der Waals surface area contributed by atoms with E-state index in [9.17, 15) is 5.11 Å². The van der Waals surface area contributed by atoms with Crippen LogP contribution in [0.4, 0.5) is 0 Å². The molecule has 1 rings (SSSR count). The van der Waals surface area contributed by atoms with Crippen molar-refractivity contribution in [2.24, 2.45) is 0 Å². The summed E-state index contributed by atoms with van der Waals surface area (Å²) < 4.78 is 0. The molecular formula is C6H13NO4. The maximum absolute atomic E-state index is 9.18. The predicted octanol–water partition coefficient (Wildman–Crippen LogP) is -2.97. The van der Waals surface area contributed by atoms with Crippen molar-refractivity contribution in [1.29, 1.82) is 0 Å². The first-order valence-electron chi connectivity index (χ1n) is 3.55. The van der Waals surface area contributed by atoms with E-state index in [0.717, 1.165) is 0 Å². The van der Waals surface area contributed by atoms with Crippen molar-refractivity contribution in [3.8, 4) is 0 Å². The lowest BCUT2D eigenvalue weighted by atomic mass is 9.97. The molecule has 1 heterocycles. The van der Waals surface area contributed by atoms with Gasteiger partial charge >= 0.3 is 0 Å². The molecule has 0 saturated carbocycles. The van der Waals surface area contributed by atoms with Gasteiger partial charge in [0.05, 0.1) is 24.9 Å². The summed E-state index contributed by atoms with van der Waals surface area (Å²) in [6, 6.07) is -0.534. The molecule has 1 saturated heterocycles. The number of nitrogens with one attached hydrogen (secondary N) is 1. The third kappa shape index (κ3) is 1.69. The average Bonchev–Trinajstić information content (AvgIpc) is 2.01. The number of hydrogen-bond donors (Lipinski definition) is 5. The number of aliphatic hydroxyl groups excluding tert-OH is 4. The summed E-state index contributed by atoms with van der Waals surface area (Å²) in [5.74, 6) is 0. The summed E-state index contributed by atoms with van der Waals surface area (Å²) in [5, 5.41) is 38.6. The Morgan fingerprint density at radius 1 is 1.18 bits per heavy atom. The van der Waals surface area contributed by atoms with Crippen molar-refractivity contribution >= 4 is 0 Å². The van der Waals surface area contributed by atoms with Gasteiger partial charge in [-0.25, -0.2) is 0 Å². The highest BCUT2D eigenvalue weighted by Crippen LogP contribution is 2.09. The van der Waals surface area contributed by atoms with Crippen molar-refractivity contribution in [1.82, 2.24) is 5.32 Å². The second-order valence-electron chi connectivity index (χ2n) is 2.75. The molecule has 5 heteroatoms. The second-order valence-corrected chi connectivity index (χ2v) is 2.75. The maximum Gasteiger partial charge on any atom is 0.109 e. The van der Waals surface area contributed by atoms with E-state index in [2.05, 4.69) is 5.32 Å². The maximum atomic E-state index is 9.18. The zero-order chi connectivity index (χ0) is 8.43. The number of piperidine rings is 1. The molecule has 11 heavy (non-hydrogen) atoms. The molecule has 0 aliphatic carbocycles. The Kier molecular flexibility index (Phi) is 2.80. The van der Waals surface area contributed by atoms with Crippen LogP contribution < -0.4 is 5.32 Å². The predicted molar refractivity (Wildman–Crippen MR) is 36.9 cm³/mol. The summed E-state index contributed by atoms with van der Waals surface area (Å²) in [5.41, 5.74) is 0. The zero-order valence-electron chi connectivity index (χ0n) is 6.01. The Bertz CT molecular complexity index is 130. The lowest BCUT2D eigenvalue weighted by Gasteiger charge is -2.34. The highest BCUT2D eigenvalue weighted by Gasteiger charge is 2.35. The molecule has 1 fully saturated rings. The Morgan fingerprint density at radius 3 is 2.36 bits per heavy atom. The monoisotopic (exact) mass is 163 g/mol. The van der Waals surface area contributed by atoms with E-state index in [0.29, 0.717) is 0 Å². The lowest BCUT2D eigenvalue weighted by molar-refractivity contribution is -0.101. The van der Waals surface area contributed by atoms with Crippen molar-refractivity contribution in [2.45, 2.75) is 24.4 Å². The third-order valence-electron chi connectivity index (χ3n) is 1.94. The minimum absolute atomic E-state index is 0.198. The minimum atomic E-state index is -1.16. The van der Waals surface area contributed by atoms with Gasteiger partial charge in [0.1, 0.15) is 6.10 Å². The Morgan fingerprint density at radius 2 is 1.82 bits per heavy atom. The topological polar surface area (TPSA) is 93.0 Å². The first-order chi connectivity index (χ1) is 5.16. The standard InChI is InChI=1S/C6H13NO4/c8-2-3-5(10)6(11)4(9)1-7-3/h3-11H,1-2H2/t3?,4?,5-,6?/m0/s1. The molecule has 0 bridgehead atoms. The molecule has 0 radical (unpaired) electrons. The van der Waals surface area contributed by atoms with Crippen molar-refractivity contribution in [3.05, 3.63) is 0 Å². The van der Waals surface area contributed by atoms with E-state index in [4.69, 9.17) is 15.3 Å². The van der Waals surface area contributed by atoms with E-state index in [1.165, 1.54) is 0 Å². The molecule has 0 spiro atoms. The Labute approximate surface area is 64.3 Å². The van der Waals surface area contributed by atoms with Gasteiger partial charge in [0.25, 0.3) is 0 Å². The van der Waals surface area contributed by atoms with Crippen LogP contribution in [-0.2, 0) is 0 Å². The van der Waals surface area contributed by atoms with E-state index >= 15 is 0 Å². The molecule has 0 aromatic heterocycles. The molecule has 5 nitrogen and oxygen atoms in total. The highest BCUT2D eigenvalue weighted by molar-refractivity contribution is 4.91. The summed E-state index contributed by atoms with van der Waals surface area (Å²) >= 11 is 0. The number of β-amino-alcohol motifs (C(OH)–C–C–N with tert-alkyl or cyclic N) is 1. The van der Waals surface area contributed by atoms with Crippen LogP contribution in [0.5, 0.6) is 0 Å². The SMILES string of the molecule is OCC1NCC(O)C(O)[C@H]1O.